The Hall–Kier alpha value is -3.59. The molecule has 0 aliphatic rings. The number of methoxy groups -OCH3 is 2. The smallest absolute Gasteiger partial charge is 0.264 e. The van der Waals surface area contributed by atoms with Crippen LogP contribution in [0.15, 0.2) is 71.6 Å². The Morgan fingerprint density at radius 1 is 0.969 bits per heavy atom. The zero-order valence-electron chi connectivity index (χ0n) is 17.8. The Morgan fingerprint density at radius 3 is 2.25 bits per heavy atom. The molecule has 0 atom stereocenters. The zero-order chi connectivity index (χ0) is 23.3. The molecule has 168 valence electrons. The lowest BCUT2D eigenvalue weighted by Gasteiger charge is -2.24. The van der Waals surface area contributed by atoms with Gasteiger partial charge in [0, 0.05) is 11.8 Å². The molecule has 0 aromatic heterocycles. The van der Waals surface area contributed by atoms with Crippen molar-refractivity contribution >= 4 is 27.3 Å². The number of nitrogens with zero attached hydrogens (tertiary/aromatic N) is 1. The van der Waals surface area contributed by atoms with Crippen LogP contribution >= 0.6 is 0 Å². The highest BCUT2D eigenvalue weighted by Gasteiger charge is 2.28. The minimum atomic E-state index is -4.21. The Labute approximate surface area is 186 Å². The average Bonchev–Trinajstić information content (AvgIpc) is 2.79. The van der Waals surface area contributed by atoms with Gasteiger partial charge < -0.3 is 14.8 Å². The maximum Gasteiger partial charge on any atom is 0.264 e. The number of aryl methyl sites for hydroxylation is 1. The first kappa shape index (κ1) is 23.1. The molecule has 0 radical (unpaired) electrons. The molecular weight excluding hydrogens is 435 g/mol. The second-order valence-electron chi connectivity index (χ2n) is 6.87. The summed E-state index contributed by atoms with van der Waals surface area (Å²) in [7, 11) is -1.38. The molecule has 1 amide bonds. The van der Waals surface area contributed by atoms with Crippen LogP contribution in [0.2, 0.25) is 0 Å². The number of amides is 1. The molecule has 1 N–H and O–H groups in total. The van der Waals surface area contributed by atoms with Gasteiger partial charge in [0.15, 0.2) is 11.5 Å². The summed E-state index contributed by atoms with van der Waals surface area (Å²) in [6.07, 6.45) is 0. The first-order chi connectivity index (χ1) is 15.3. The maximum absolute atomic E-state index is 13.5. The van der Waals surface area contributed by atoms with Gasteiger partial charge in [0.05, 0.1) is 24.8 Å². The van der Waals surface area contributed by atoms with Gasteiger partial charge in [-0.3, -0.25) is 9.10 Å². The van der Waals surface area contributed by atoms with Crippen LogP contribution in [0.3, 0.4) is 0 Å². The van der Waals surface area contributed by atoms with Crippen LogP contribution in [0, 0.1) is 12.7 Å². The fourth-order valence-corrected chi connectivity index (χ4v) is 4.50. The summed E-state index contributed by atoms with van der Waals surface area (Å²) < 4.78 is 51.8. The minimum absolute atomic E-state index is 0.108. The fourth-order valence-electron chi connectivity index (χ4n) is 3.06. The van der Waals surface area contributed by atoms with E-state index < -0.39 is 28.3 Å². The molecule has 0 unspecified atom stereocenters. The Bertz CT molecular complexity index is 1210. The Balaban J connectivity index is 2.00. The van der Waals surface area contributed by atoms with E-state index in [9.17, 15) is 17.6 Å². The first-order valence-corrected chi connectivity index (χ1v) is 11.1. The van der Waals surface area contributed by atoms with E-state index in [1.165, 1.54) is 44.6 Å². The second-order valence-corrected chi connectivity index (χ2v) is 8.73. The highest BCUT2D eigenvalue weighted by Crippen LogP contribution is 2.32. The van der Waals surface area contributed by atoms with E-state index in [-0.39, 0.29) is 16.3 Å². The number of hydrogen-bond donors (Lipinski definition) is 1. The maximum atomic E-state index is 13.5. The number of halogens is 1. The molecule has 3 rings (SSSR count). The lowest BCUT2D eigenvalue weighted by atomic mass is 10.2. The van der Waals surface area contributed by atoms with Gasteiger partial charge in [0.25, 0.3) is 10.0 Å². The van der Waals surface area contributed by atoms with Crippen LogP contribution in [-0.2, 0) is 14.8 Å². The number of nitrogens with one attached hydrogen (secondary N) is 1. The van der Waals surface area contributed by atoms with Gasteiger partial charge in [-0.2, -0.15) is 0 Å². The fraction of sp³-hybridized carbons (Fsp3) is 0.174. The third-order valence-corrected chi connectivity index (χ3v) is 6.53. The summed E-state index contributed by atoms with van der Waals surface area (Å²) >= 11 is 0. The minimum Gasteiger partial charge on any atom is -0.493 e. The van der Waals surface area contributed by atoms with Gasteiger partial charge in [-0.05, 0) is 55.0 Å². The molecule has 9 heteroatoms. The van der Waals surface area contributed by atoms with Gasteiger partial charge in [-0.1, -0.05) is 18.2 Å². The molecule has 0 saturated carbocycles. The van der Waals surface area contributed by atoms with Gasteiger partial charge in [0.1, 0.15) is 12.4 Å². The lowest BCUT2D eigenvalue weighted by molar-refractivity contribution is -0.114. The molecule has 0 fully saturated rings. The van der Waals surface area contributed by atoms with Crippen molar-refractivity contribution in [2.45, 2.75) is 11.8 Å². The number of rotatable bonds is 8. The highest BCUT2D eigenvalue weighted by atomic mass is 32.2. The zero-order valence-corrected chi connectivity index (χ0v) is 18.6. The highest BCUT2D eigenvalue weighted by molar-refractivity contribution is 7.92. The monoisotopic (exact) mass is 458 g/mol. The largest absolute Gasteiger partial charge is 0.493 e. The van der Waals surface area contributed by atoms with E-state index in [0.717, 1.165) is 22.0 Å². The molecule has 0 aliphatic heterocycles. The normalized spacial score (nSPS) is 11.0. The standard InChI is InChI=1S/C23H23FN2O5S/c1-16-6-4-5-7-20(16)25-23(27)15-26(18-10-8-17(24)9-11-18)32(28,29)19-12-13-21(30-2)22(14-19)31-3/h4-14H,15H2,1-3H3,(H,25,27). The molecule has 32 heavy (non-hydrogen) atoms. The number of sulfonamides is 1. The number of carbonyl (C=O) groups excluding carboxylic acids is 1. The molecule has 0 bridgehead atoms. The van der Waals surface area contributed by atoms with Gasteiger partial charge >= 0.3 is 0 Å². The lowest BCUT2D eigenvalue weighted by Crippen LogP contribution is -2.38. The first-order valence-electron chi connectivity index (χ1n) is 9.62. The third kappa shape index (κ3) is 5.00. The number of hydrogen-bond acceptors (Lipinski definition) is 5. The van der Waals surface area contributed by atoms with E-state index in [1.807, 2.05) is 19.1 Å². The van der Waals surface area contributed by atoms with Crippen LogP contribution in [0.25, 0.3) is 0 Å². The topological polar surface area (TPSA) is 84.9 Å². The van der Waals surface area contributed by atoms with Gasteiger partial charge in [-0.15, -0.1) is 0 Å². The Morgan fingerprint density at radius 2 is 1.62 bits per heavy atom. The van der Waals surface area contributed by atoms with Gasteiger partial charge in [0.2, 0.25) is 5.91 Å². The predicted molar refractivity (Wildman–Crippen MR) is 120 cm³/mol. The van der Waals surface area contributed by atoms with E-state index in [4.69, 9.17) is 9.47 Å². The van der Waals surface area contributed by atoms with Crippen molar-refractivity contribution in [3.8, 4) is 11.5 Å². The molecule has 3 aromatic rings. The van der Waals surface area contributed by atoms with E-state index in [1.54, 1.807) is 12.1 Å². The summed E-state index contributed by atoms with van der Waals surface area (Å²) in [5.74, 6) is -0.497. The molecule has 0 saturated heterocycles. The van der Waals surface area contributed by atoms with E-state index in [0.29, 0.717) is 11.4 Å². The third-order valence-electron chi connectivity index (χ3n) is 4.76. The van der Waals surface area contributed by atoms with Gasteiger partial charge in [-0.25, -0.2) is 12.8 Å². The average molecular weight is 459 g/mol. The van der Waals surface area contributed by atoms with E-state index in [2.05, 4.69) is 5.32 Å². The van der Waals surface area contributed by atoms with Crippen molar-refractivity contribution in [2.24, 2.45) is 0 Å². The summed E-state index contributed by atoms with van der Waals surface area (Å²) in [6.45, 7) is 1.31. The Kier molecular flexibility index (Phi) is 6.99. The molecule has 0 aliphatic carbocycles. The van der Waals surface area contributed by atoms with Crippen LogP contribution in [-0.4, -0.2) is 35.1 Å². The van der Waals surface area contributed by atoms with Crippen LogP contribution < -0.4 is 19.1 Å². The number of para-hydroxylation sites is 1. The number of anilines is 2. The molecule has 0 heterocycles. The summed E-state index contributed by atoms with van der Waals surface area (Å²) in [4.78, 5) is 12.7. The molecule has 7 nitrogen and oxygen atoms in total. The number of ether oxygens (including phenoxy) is 2. The van der Waals surface area contributed by atoms with Crippen molar-refractivity contribution < 1.29 is 27.1 Å². The summed E-state index contributed by atoms with van der Waals surface area (Å²) in [6, 6.07) is 16.1. The van der Waals surface area contributed by atoms with Crippen LogP contribution in [0.1, 0.15) is 5.56 Å². The molecular formula is C23H23FN2O5S. The van der Waals surface area contributed by atoms with Crippen molar-refractivity contribution in [3.05, 3.63) is 78.1 Å². The number of benzene rings is 3. The molecule has 3 aromatic carbocycles. The second kappa shape index (κ2) is 9.69. The summed E-state index contributed by atoms with van der Waals surface area (Å²) in [5, 5.41) is 2.72. The molecule has 0 spiro atoms. The SMILES string of the molecule is COc1ccc(S(=O)(=O)N(CC(=O)Nc2ccccc2C)c2ccc(F)cc2)cc1OC. The van der Waals surface area contributed by atoms with Crippen molar-refractivity contribution in [1.29, 1.82) is 0 Å². The van der Waals surface area contributed by atoms with Crippen molar-refractivity contribution in [2.75, 3.05) is 30.4 Å². The van der Waals surface area contributed by atoms with Crippen LogP contribution in [0.5, 0.6) is 11.5 Å². The quantitative estimate of drug-likeness (QED) is 0.552. The van der Waals surface area contributed by atoms with Crippen molar-refractivity contribution in [3.63, 3.8) is 0 Å². The number of carbonyl (C=O) groups is 1. The van der Waals surface area contributed by atoms with Crippen molar-refractivity contribution in [1.82, 2.24) is 0 Å². The van der Waals surface area contributed by atoms with Crippen LogP contribution in [0.4, 0.5) is 15.8 Å². The predicted octanol–water partition coefficient (Wildman–Crippen LogP) is 3.99. The van der Waals surface area contributed by atoms with E-state index >= 15 is 0 Å². The summed E-state index contributed by atoms with van der Waals surface area (Å²) in [5.41, 5.74) is 1.54.